The van der Waals surface area contributed by atoms with Gasteiger partial charge in [0.1, 0.15) is 24.1 Å². The Morgan fingerprint density at radius 2 is 2.06 bits per heavy atom. The molecule has 0 spiro atoms. The molecule has 5 nitrogen and oxygen atoms in total. The number of hydrogen-bond acceptors (Lipinski definition) is 5. The third-order valence-corrected chi connectivity index (χ3v) is 3.51. The van der Waals surface area contributed by atoms with Crippen LogP contribution in [0.2, 0.25) is 5.02 Å². The third kappa shape index (κ3) is 2.03. The lowest BCUT2D eigenvalue weighted by molar-refractivity contribution is 0.00865. The molecule has 0 saturated carbocycles. The van der Waals surface area contributed by atoms with Crippen LogP contribution in [0.15, 0.2) is 18.2 Å². The molecule has 1 aromatic rings. The van der Waals surface area contributed by atoms with Gasteiger partial charge in [-0.25, -0.2) is 0 Å². The Hall–Kier alpha value is -1.01. The van der Waals surface area contributed by atoms with E-state index in [0.29, 0.717) is 23.1 Å². The van der Waals surface area contributed by atoms with Gasteiger partial charge < -0.3 is 25.1 Å². The van der Waals surface area contributed by atoms with Crippen molar-refractivity contribution in [2.75, 3.05) is 18.9 Å². The van der Waals surface area contributed by atoms with E-state index in [0.717, 1.165) is 0 Å². The molecule has 0 radical (unpaired) electrons. The summed E-state index contributed by atoms with van der Waals surface area (Å²) in [5.41, 5.74) is 6.20. The Kier molecular flexibility index (Phi) is 3.07. The van der Waals surface area contributed by atoms with Crippen LogP contribution >= 0.6 is 11.6 Å². The average Bonchev–Trinajstić information content (AvgIpc) is 2.88. The van der Waals surface area contributed by atoms with E-state index in [1.165, 1.54) is 0 Å². The Morgan fingerprint density at radius 1 is 1.28 bits per heavy atom. The quantitative estimate of drug-likeness (QED) is 0.780. The first-order valence-corrected chi connectivity index (χ1v) is 6.16. The van der Waals surface area contributed by atoms with E-state index in [2.05, 4.69) is 0 Å². The van der Waals surface area contributed by atoms with Crippen LogP contribution in [-0.4, -0.2) is 42.7 Å². The molecule has 2 heterocycles. The zero-order valence-corrected chi connectivity index (χ0v) is 10.3. The monoisotopic (exact) mass is 271 g/mol. The van der Waals surface area contributed by atoms with Crippen LogP contribution in [0.25, 0.3) is 0 Å². The van der Waals surface area contributed by atoms with Gasteiger partial charge in [0, 0.05) is 5.69 Å². The molecule has 4 atom stereocenters. The van der Waals surface area contributed by atoms with Crippen molar-refractivity contribution in [3.05, 3.63) is 23.2 Å². The summed E-state index contributed by atoms with van der Waals surface area (Å²) in [5, 5.41) is 10.1. The number of halogens is 1. The molecule has 2 fully saturated rings. The van der Waals surface area contributed by atoms with E-state index in [9.17, 15) is 5.11 Å². The molecule has 1 aromatic carbocycles. The highest BCUT2D eigenvalue weighted by molar-refractivity contribution is 6.32. The van der Waals surface area contributed by atoms with Crippen molar-refractivity contribution in [1.29, 1.82) is 0 Å². The molecule has 6 heteroatoms. The number of nitrogen functional groups attached to an aromatic ring is 1. The number of aliphatic hydroxyl groups is 1. The van der Waals surface area contributed by atoms with Crippen molar-refractivity contribution >= 4 is 17.3 Å². The number of nitrogens with two attached hydrogens (primary N) is 1. The first-order chi connectivity index (χ1) is 8.65. The van der Waals surface area contributed by atoms with E-state index in [1.54, 1.807) is 18.2 Å². The van der Waals surface area contributed by atoms with Crippen LogP contribution < -0.4 is 10.5 Å². The van der Waals surface area contributed by atoms with Gasteiger partial charge in [-0.1, -0.05) is 11.6 Å². The topological polar surface area (TPSA) is 73.9 Å². The number of aliphatic hydroxyl groups excluding tert-OH is 1. The van der Waals surface area contributed by atoms with Gasteiger partial charge in [-0.05, 0) is 18.2 Å². The van der Waals surface area contributed by atoms with Crippen molar-refractivity contribution in [1.82, 2.24) is 0 Å². The lowest BCUT2D eigenvalue weighted by atomic mass is 10.1. The van der Waals surface area contributed by atoms with Crippen LogP contribution in [0.4, 0.5) is 5.69 Å². The maximum Gasteiger partial charge on any atom is 0.151 e. The first-order valence-electron chi connectivity index (χ1n) is 5.78. The van der Waals surface area contributed by atoms with Crippen molar-refractivity contribution in [3.63, 3.8) is 0 Å². The second-order valence-electron chi connectivity index (χ2n) is 4.51. The zero-order valence-electron chi connectivity index (χ0n) is 9.58. The number of fused-ring (bicyclic) bond motifs is 1. The van der Waals surface area contributed by atoms with E-state index < -0.39 is 6.10 Å². The van der Waals surface area contributed by atoms with Crippen molar-refractivity contribution in [3.8, 4) is 5.75 Å². The summed E-state index contributed by atoms with van der Waals surface area (Å²) in [7, 11) is 0. The van der Waals surface area contributed by atoms with Gasteiger partial charge >= 0.3 is 0 Å². The fourth-order valence-electron chi connectivity index (χ4n) is 2.32. The van der Waals surface area contributed by atoms with Crippen molar-refractivity contribution in [2.24, 2.45) is 0 Å². The largest absolute Gasteiger partial charge is 0.484 e. The number of hydrogen-bond donors (Lipinski definition) is 2. The molecule has 0 aromatic heterocycles. The normalized spacial score (nSPS) is 34.6. The molecule has 98 valence electrons. The predicted octanol–water partition coefficient (Wildman–Crippen LogP) is 0.828. The summed E-state index contributed by atoms with van der Waals surface area (Å²) in [5.74, 6) is 0.546. The second kappa shape index (κ2) is 4.59. The predicted molar refractivity (Wildman–Crippen MR) is 65.8 cm³/mol. The van der Waals surface area contributed by atoms with E-state index in [4.69, 9.17) is 31.5 Å². The van der Waals surface area contributed by atoms with Crippen LogP contribution in [0.1, 0.15) is 0 Å². The molecule has 18 heavy (non-hydrogen) atoms. The van der Waals surface area contributed by atoms with Gasteiger partial charge in [0.25, 0.3) is 0 Å². The van der Waals surface area contributed by atoms with Gasteiger partial charge in [0.2, 0.25) is 0 Å². The van der Waals surface area contributed by atoms with E-state index >= 15 is 0 Å². The number of anilines is 1. The van der Waals surface area contributed by atoms with E-state index in [-0.39, 0.29) is 24.9 Å². The first kappa shape index (κ1) is 12.0. The smallest absolute Gasteiger partial charge is 0.151 e. The molecular formula is C12H14ClNO4. The Morgan fingerprint density at radius 3 is 2.83 bits per heavy atom. The zero-order chi connectivity index (χ0) is 12.7. The molecule has 3 rings (SSSR count). The summed E-state index contributed by atoms with van der Waals surface area (Å²) in [6.07, 6.45) is -1.38. The number of ether oxygens (including phenoxy) is 3. The summed E-state index contributed by atoms with van der Waals surface area (Å²) in [6, 6.07) is 5.07. The minimum atomic E-state index is -0.578. The molecule has 2 saturated heterocycles. The molecule has 0 bridgehead atoms. The van der Waals surface area contributed by atoms with Crippen LogP contribution in [-0.2, 0) is 9.47 Å². The van der Waals surface area contributed by atoms with Crippen molar-refractivity contribution < 1.29 is 19.3 Å². The molecular weight excluding hydrogens is 258 g/mol. The second-order valence-corrected chi connectivity index (χ2v) is 4.92. The van der Waals surface area contributed by atoms with Gasteiger partial charge in [-0.15, -0.1) is 0 Å². The van der Waals surface area contributed by atoms with Gasteiger partial charge in [0.15, 0.2) is 6.10 Å². The maximum absolute atomic E-state index is 9.63. The molecule has 3 N–H and O–H groups in total. The maximum atomic E-state index is 9.63. The molecule has 1 unspecified atom stereocenters. The SMILES string of the molecule is Nc1ccc(OC2CO[C@H]3[C@@H]2OC[C@@H]3O)c(Cl)c1. The van der Waals surface area contributed by atoms with Crippen molar-refractivity contribution in [2.45, 2.75) is 24.4 Å². The lowest BCUT2D eigenvalue weighted by Gasteiger charge is -2.18. The summed E-state index contributed by atoms with van der Waals surface area (Å²) >= 11 is 6.04. The van der Waals surface area contributed by atoms with E-state index in [1.807, 2.05) is 0 Å². The minimum Gasteiger partial charge on any atom is -0.484 e. The minimum absolute atomic E-state index is 0.242. The molecule has 0 aliphatic carbocycles. The van der Waals surface area contributed by atoms with Gasteiger partial charge in [-0.2, -0.15) is 0 Å². The Balaban J connectivity index is 1.73. The number of rotatable bonds is 2. The summed E-state index contributed by atoms with van der Waals surface area (Å²) < 4.78 is 16.7. The molecule has 2 aliphatic rings. The lowest BCUT2D eigenvalue weighted by Crippen LogP contribution is -2.34. The highest BCUT2D eigenvalue weighted by Crippen LogP contribution is 2.33. The average molecular weight is 272 g/mol. The highest BCUT2D eigenvalue weighted by atomic mass is 35.5. The number of benzene rings is 1. The Labute approximate surface area is 109 Å². The fraction of sp³-hybridized carbons (Fsp3) is 0.500. The Bertz CT molecular complexity index is 456. The summed E-state index contributed by atoms with van der Waals surface area (Å²) in [6.45, 7) is 0.664. The van der Waals surface area contributed by atoms with Crippen LogP contribution in [0.3, 0.4) is 0 Å². The third-order valence-electron chi connectivity index (χ3n) is 3.22. The van der Waals surface area contributed by atoms with Gasteiger partial charge in [0.05, 0.1) is 18.2 Å². The standard InChI is InChI=1S/C12H14ClNO4/c13-7-3-6(14)1-2-9(7)18-10-5-17-11-8(15)4-16-12(10)11/h1-3,8,10-12,15H,4-5,14H2/t8-,10?,11+,12+/m0/s1. The van der Waals surface area contributed by atoms with Crippen LogP contribution in [0, 0.1) is 0 Å². The molecule has 2 aliphatic heterocycles. The van der Waals surface area contributed by atoms with Crippen LogP contribution in [0.5, 0.6) is 5.75 Å². The summed E-state index contributed by atoms with van der Waals surface area (Å²) in [4.78, 5) is 0. The van der Waals surface area contributed by atoms with Gasteiger partial charge in [-0.3, -0.25) is 0 Å². The molecule has 0 amide bonds. The highest BCUT2D eigenvalue weighted by Gasteiger charge is 2.48. The fourth-order valence-corrected chi connectivity index (χ4v) is 2.55.